The maximum Gasteiger partial charge on any atom is 0.355 e. The lowest BCUT2D eigenvalue weighted by atomic mass is 9.99. The minimum absolute atomic E-state index is 0.0150. The second kappa shape index (κ2) is 17.1. The van der Waals surface area contributed by atoms with Crippen LogP contribution < -0.4 is 19.8 Å². The summed E-state index contributed by atoms with van der Waals surface area (Å²) in [5.74, 6) is -4.87. The number of aromatic nitrogens is 1. The second-order valence-corrected chi connectivity index (χ2v) is 19.1. The van der Waals surface area contributed by atoms with Crippen LogP contribution in [0, 0.1) is 0 Å². The number of urea groups is 1. The maximum atomic E-state index is 16.6. The fourth-order valence-corrected chi connectivity index (χ4v) is 11.3. The molecule has 3 saturated heterocycles. The number of imide groups is 2. The molecule has 320 valence electrons. The van der Waals surface area contributed by atoms with E-state index >= 15 is 4.39 Å². The van der Waals surface area contributed by atoms with Crippen molar-refractivity contribution in [2.24, 2.45) is 0 Å². The van der Waals surface area contributed by atoms with Crippen molar-refractivity contribution >= 4 is 70.3 Å². The van der Waals surface area contributed by atoms with Crippen LogP contribution in [-0.4, -0.2) is 86.7 Å². The Balaban J connectivity index is 0.997. The number of nitrogens with one attached hydrogen (secondary N) is 2. The Morgan fingerprint density at radius 1 is 1.00 bits per heavy atom. The Morgan fingerprint density at radius 2 is 1.77 bits per heavy atom. The molecule has 2 aromatic heterocycles. The fraction of sp³-hybridized carbons (Fsp3) is 0.419. The number of fused-ring (bicyclic) bond motifs is 2. The number of esters is 1. The van der Waals surface area contributed by atoms with Crippen molar-refractivity contribution in [3.63, 3.8) is 0 Å². The lowest BCUT2D eigenvalue weighted by Crippen LogP contribution is -2.58. The third-order valence-corrected chi connectivity index (χ3v) is 14.9. The van der Waals surface area contributed by atoms with Crippen LogP contribution in [0.4, 0.5) is 14.9 Å². The number of hydrogen-bond donors (Lipinski definition) is 2. The van der Waals surface area contributed by atoms with Crippen molar-refractivity contribution < 1.29 is 47.0 Å². The van der Waals surface area contributed by atoms with Crippen molar-refractivity contribution in [3.05, 3.63) is 89.6 Å². The Bertz CT molecular complexity index is 2420. The van der Waals surface area contributed by atoms with Crippen LogP contribution in [0.2, 0.25) is 0 Å². The molecule has 61 heavy (non-hydrogen) atoms. The molecule has 15 nitrogen and oxygen atoms in total. The minimum Gasteiger partial charge on any atom is -0.465 e. The number of carbonyl (C=O) groups excluding carboxylic acids is 6. The molecular weight excluding hydrogens is 827 g/mol. The lowest BCUT2D eigenvalue weighted by molar-refractivity contribution is -0.147. The number of amides is 6. The third-order valence-electron chi connectivity index (χ3n) is 11.7. The predicted molar refractivity (Wildman–Crippen MR) is 224 cm³/mol. The van der Waals surface area contributed by atoms with E-state index in [1.165, 1.54) is 48.5 Å². The van der Waals surface area contributed by atoms with Crippen LogP contribution in [0.1, 0.15) is 92.8 Å². The molecule has 3 aliphatic heterocycles. The zero-order valence-corrected chi connectivity index (χ0v) is 35.4. The summed E-state index contributed by atoms with van der Waals surface area (Å²) in [6, 6.07) is 13.1. The summed E-state index contributed by atoms with van der Waals surface area (Å²) < 4.78 is 42.4. The van der Waals surface area contributed by atoms with Gasteiger partial charge in [0.25, 0.3) is 17.7 Å². The van der Waals surface area contributed by atoms with Gasteiger partial charge in [0.1, 0.15) is 29.4 Å². The van der Waals surface area contributed by atoms with Crippen LogP contribution in [0.5, 0.6) is 5.75 Å². The van der Waals surface area contributed by atoms with Gasteiger partial charge in [-0.2, -0.15) is 0 Å². The number of benzene rings is 2. The van der Waals surface area contributed by atoms with E-state index in [0.29, 0.717) is 61.5 Å². The van der Waals surface area contributed by atoms with Crippen LogP contribution in [0.3, 0.4) is 0 Å². The van der Waals surface area contributed by atoms with Gasteiger partial charge in [-0.25, -0.2) is 24.1 Å². The van der Waals surface area contributed by atoms with Gasteiger partial charge in [-0.15, -0.1) is 11.3 Å². The Labute approximate surface area is 355 Å². The van der Waals surface area contributed by atoms with Gasteiger partial charge in [0.2, 0.25) is 11.8 Å². The molecule has 0 radical (unpaired) electrons. The van der Waals surface area contributed by atoms with Crippen LogP contribution in [-0.2, 0) is 28.5 Å². The summed E-state index contributed by atoms with van der Waals surface area (Å²) in [5.41, 5.74) is -1.03. The van der Waals surface area contributed by atoms with E-state index in [9.17, 15) is 33.3 Å². The second-order valence-electron chi connectivity index (χ2n) is 15.9. The highest BCUT2D eigenvalue weighted by atomic mass is 32.1. The molecule has 8 rings (SSSR count). The molecule has 1 saturated carbocycles. The fourth-order valence-electron chi connectivity index (χ4n) is 8.48. The van der Waals surface area contributed by atoms with Gasteiger partial charge < -0.3 is 19.5 Å². The van der Waals surface area contributed by atoms with Gasteiger partial charge in [0.15, 0.2) is 0 Å². The third kappa shape index (κ3) is 8.06. The predicted octanol–water partition coefficient (Wildman–Crippen LogP) is 7.03. The zero-order chi connectivity index (χ0) is 43.1. The highest BCUT2D eigenvalue weighted by Gasteiger charge is 2.68. The Kier molecular flexibility index (Phi) is 11.8. The number of hydrogen-bond acceptors (Lipinski definition) is 11. The molecule has 6 atom stereocenters. The number of carbonyl (C=O) groups is 6. The number of rotatable bonds is 13. The molecule has 5 heterocycles. The quantitative estimate of drug-likeness (QED) is 0.0799. The van der Waals surface area contributed by atoms with E-state index < -0.39 is 72.7 Å². The Morgan fingerprint density at radius 3 is 2.49 bits per heavy atom. The van der Waals surface area contributed by atoms with E-state index in [4.69, 9.17) is 9.26 Å². The van der Waals surface area contributed by atoms with Gasteiger partial charge in [0, 0.05) is 16.9 Å². The molecule has 6 amide bonds. The van der Waals surface area contributed by atoms with Gasteiger partial charge >= 0.3 is 19.5 Å². The average molecular weight is 873 g/mol. The van der Waals surface area contributed by atoms with Crippen LogP contribution >= 0.6 is 18.9 Å². The SMILES string of the molecule is CCCOC(=O)[C@H](C)NP(=O)(Oc1ccccc1)[C@@H](F)c1ccc2sc(C(=O)N[C@H]3CCCC[C@H]4CC[C@@H](C(=O)N5C(=O)N(c6cccnc6)C(=O)C56CC6)N4C3=O)cc2c1. The zero-order valence-electron chi connectivity index (χ0n) is 33.7. The summed E-state index contributed by atoms with van der Waals surface area (Å²) >= 11 is 1.13. The minimum atomic E-state index is -4.48. The van der Waals surface area contributed by atoms with Crippen molar-refractivity contribution in [3.8, 4) is 5.75 Å². The molecular formula is C43H46FN6O9PS. The summed E-state index contributed by atoms with van der Waals surface area (Å²) in [5, 5.41) is 5.94. The standard InChI is InChI=1S/C43H46FN6O9PS/c1-3-22-58-40(54)26(2)47-60(57,59-31-12-5-4-6-13-31)36(44)27-15-18-34-28(23-27)24-35(61-34)37(51)46-32-14-8-7-10-29-16-17-33(48(29)38(32)52)39(53)50-42(56)49(30-11-9-21-45-25-30)41(55)43(50)19-20-43/h4-6,9,11-13,15,18,21,23-26,29,32-33,36H,3,7-8,10,14,16-17,19-20,22H2,1-2H3,(H,46,51)(H,47,57)/t26-,29-,32-,33-,36+,60?/m0/s1. The number of ether oxygens (including phenoxy) is 1. The maximum absolute atomic E-state index is 16.6. The van der Waals surface area contributed by atoms with Gasteiger partial charge in [0.05, 0.1) is 23.4 Å². The summed E-state index contributed by atoms with van der Waals surface area (Å²) in [6.45, 7) is 3.39. The number of para-hydroxylation sites is 1. The van der Waals surface area contributed by atoms with Crippen molar-refractivity contribution in [2.75, 3.05) is 11.5 Å². The van der Waals surface area contributed by atoms with Crippen LogP contribution in [0.25, 0.3) is 10.1 Å². The Hall–Kier alpha value is -5.51. The summed E-state index contributed by atoms with van der Waals surface area (Å²) in [7, 11) is -4.48. The molecule has 1 aliphatic carbocycles. The molecule has 0 bridgehead atoms. The van der Waals surface area contributed by atoms with Gasteiger partial charge in [-0.05, 0) is 105 Å². The molecule has 1 spiro atoms. The van der Waals surface area contributed by atoms with Gasteiger partial charge in [-0.3, -0.25) is 33.5 Å². The summed E-state index contributed by atoms with van der Waals surface area (Å²) in [4.78, 5) is 90.6. The molecule has 2 aromatic carbocycles. The molecule has 2 N–H and O–H groups in total. The molecule has 1 unspecified atom stereocenters. The molecule has 4 aromatic rings. The van der Waals surface area contributed by atoms with E-state index in [0.717, 1.165) is 27.6 Å². The lowest BCUT2D eigenvalue weighted by Gasteiger charge is -2.36. The topological polar surface area (TPSA) is 185 Å². The largest absolute Gasteiger partial charge is 0.465 e. The smallest absolute Gasteiger partial charge is 0.355 e. The number of halogens is 1. The van der Waals surface area contributed by atoms with E-state index in [-0.39, 0.29) is 34.5 Å². The molecule has 4 aliphatic rings. The van der Waals surface area contributed by atoms with Crippen LogP contribution in [0.15, 0.2) is 79.1 Å². The molecule has 4 fully saturated rings. The normalized spacial score (nSPS) is 22.9. The molecule has 18 heteroatoms. The first-order valence-electron chi connectivity index (χ1n) is 20.6. The van der Waals surface area contributed by atoms with Crippen molar-refractivity contribution in [1.29, 1.82) is 0 Å². The number of nitrogens with zero attached hydrogens (tertiary/aromatic N) is 4. The first-order chi connectivity index (χ1) is 29.3. The highest BCUT2D eigenvalue weighted by molar-refractivity contribution is 7.57. The number of thiophene rings is 1. The van der Waals surface area contributed by atoms with Crippen molar-refractivity contribution in [1.82, 2.24) is 25.2 Å². The van der Waals surface area contributed by atoms with Gasteiger partial charge in [-0.1, -0.05) is 44.0 Å². The van der Waals surface area contributed by atoms with E-state index in [2.05, 4.69) is 15.4 Å². The highest BCUT2D eigenvalue weighted by Crippen LogP contribution is 2.58. The number of pyridine rings is 1. The monoisotopic (exact) mass is 872 g/mol. The number of alkyl halides is 1. The van der Waals surface area contributed by atoms with E-state index in [1.54, 1.807) is 42.5 Å². The first-order valence-corrected chi connectivity index (χ1v) is 23.1. The first kappa shape index (κ1) is 42.2. The average Bonchev–Trinajstić information content (AvgIpc) is 3.66. The summed E-state index contributed by atoms with van der Waals surface area (Å²) in [6.07, 6.45) is 7.38. The van der Waals surface area contributed by atoms with Crippen molar-refractivity contribution in [2.45, 2.75) is 107 Å². The van der Waals surface area contributed by atoms with E-state index in [1.807, 2.05) is 6.92 Å². The number of anilines is 1.